The molecule has 0 radical (unpaired) electrons. The molecule has 1 aromatic carbocycles. The van der Waals surface area contributed by atoms with Crippen molar-refractivity contribution in [2.75, 3.05) is 5.32 Å². The highest BCUT2D eigenvalue weighted by Crippen LogP contribution is 2.29. The van der Waals surface area contributed by atoms with Gasteiger partial charge in [-0.1, -0.05) is 66.8 Å². The van der Waals surface area contributed by atoms with Crippen molar-refractivity contribution in [1.82, 2.24) is 20.0 Å². The summed E-state index contributed by atoms with van der Waals surface area (Å²) in [6.07, 6.45) is -1.09. The van der Waals surface area contributed by atoms with Gasteiger partial charge in [0.15, 0.2) is 5.11 Å². The summed E-state index contributed by atoms with van der Waals surface area (Å²) in [5, 5.41) is 8.21. The third kappa shape index (κ3) is 5.66. The number of halogens is 3. The van der Waals surface area contributed by atoms with Crippen molar-refractivity contribution in [2.45, 2.75) is 30.7 Å². The summed E-state index contributed by atoms with van der Waals surface area (Å²) in [5.41, 5.74) is 1.34. The van der Waals surface area contributed by atoms with E-state index in [2.05, 4.69) is 16.0 Å². The van der Waals surface area contributed by atoms with E-state index in [1.807, 2.05) is 30.3 Å². The highest BCUT2D eigenvalue weighted by atomic mass is 35.6. The van der Waals surface area contributed by atoms with E-state index in [0.29, 0.717) is 11.4 Å². The number of nitrogens with one attached hydrogen (secondary N) is 3. The average molecular weight is 479 g/mol. The summed E-state index contributed by atoms with van der Waals surface area (Å²) >= 11 is 23.2. The molecule has 0 bridgehead atoms. The number of amides is 1. The number of carbonyl (C=O) groups excluding carboxylic acids is 1. The van der Waals surface area contributed by atoms with Gasteiger partial charge in [-0.05, 0) is 31.3 Å². The molecular formula is C18H22Cl3N5O2S. The molecule has 0 aliphatic carbocycles. The maximum Gasteiger partial charge on any atom is 0.295 e. The van der Waals surface area contributed by atoms with E-state index in [-0.39, 0.29) is 28.2 Å². The van der Waals surface area contributed by atoms with Crippen LogP contribution in [0.3, 0.4) is 0 Å². The van der Waals surface area contributed by atoms with Crippen LogP contribution in [0.15, 0.2) is 35.1 Å². The molecule has 158 valence electrons. The number of benzene rings is 1. The number of para-hydroxylation sites is 1. The standard InChI is InChI=1S/C18H22Cl3N5O2S/c1-10(2)14(27)23-16(18(19,20)21)24-17(29)22-13-11(3)25(4)26(15(13)28)12-8-6-5-7-9-12/h5-10,16H,1-4H3,(H,23,27)(H2,22,24,29)/t16-/m0/s1. The Hall–Kier alpha value is -1.74. The number of anilines is 1. The Bertz CT molecular complexity index is 951. The fourth-order valence-electron chi connectivity index (χ4n) is 2.50. The summed E-state index contributed by atoms with van der Waals surface area (Å²) < 4.78 is 1.34. The van der Waals surface area contributed by atoms with Crippen LogP contribution in [-0.4, -0.2) is 30.3 Å². The van der Waals surface area contributed by atoms with Crippen LogP contribution in [0.1, 0.15) is 19.5 Å². The van der Waals surface area contributed by atoms with Gasteiger partial charge in [-0.3, -0.25) is 14.3 Å². The van der Waals surface area contributed by atoms with E-state index in [9.17, 15) is 9.59 Å². The lowest BCUT2D eigenvalue weighted by Gasteiger charge is -2.28. The molecule has 1 aromatic heterocycles. The molecule has 7 nitrogen and oxygen atoms in total. The topological polar surface area (TPSA) is 80.1 Å². The van der Waals surface area contributed by atoms with Crippen molar-refractivity contribution in [3.63, 3.8) is 0 Å². The Morgan fingerprint density at radius 3 is 2.24 bits per heavy atom. The Balaban J connectivity index is 2.26. The number of hydrogen-bond donors (Lipinski definition) is 3. The van der Waals surface area contributed by atoms with E-state index in [1.54, 1.807) is 32.5 Å². The second-order valence-corrected chi connectivity index (χ2v) is 9.45. The Kier molecular flexibility index (Phi) is 7.62. The van der Waals surface area contributed by atoms with Gasteiger partial charge in [0.25, 0.3) is 5.56 Å². The molecule has 1 amide bonds. The van der Waals surface area contributed by atoms with Gasteiger partial charge < -0.3 is 16.0 Å². The Morgan fingerprint density at radius 2 is 1.72 bits per heavy atom. The number of aromatic nitrogens is 2. The minimum Gasteiger partial charge on any atom is -0.339 e. The summed E-state index contributed by atoms with van der Waals surface area (Å²) in [4.78, 5) is 24.9. The first-order valence-electron chi connectivity index (χ1n) is 8.72. The number of carbonyl (C=O) groups is 1. The smallest absolute Gasteiger partial charge is 0.295 e. The quantitative estimate of drug-likeness (QED) is 0.349. The van der Waals surface area contributed by atoms with Gasteiger partial charge in [0, 0.05) is 13.0 Å². The zero-order chi connectivity index (χ0) is 21.9. The first kappa shape index (κ1) is 23.5. The van der Waals surface area contributed by atoms with Crippen molar-refractivity contribution in [3.8, 4) is 5.69 Å². The summed E-state index contributed by atoms with van der Waals surface area (Å²) in [6, 6.07) is 9.19. The van der Waals surface area contributed by atoms with E-state index in [1.165, 1.54) is 4.68 Å². The molecule has 2 aromatic rings. The van der Waals surface area contributed by atoms with Crippen LogP contribution in [0.2, 0.25) is 0 Å². The minimum absolute atomic E-state index is 0.0244. The van der Waals surface area contributed by atoms with Gasteiger partial charge in [0.05, 0.1) is 11.4 Å². The molecule has 3 N–H and O–H groups in total. The third-order valence-electron chi connectivity index (χ3n) is 4.21. The van der Waals surface area contributed by atoms with E-state index < -0.39 is 9.96 Å². The predicted octanol–water partition coefficient (Wildman–Crippen LogP) is 3.24. The van der Waals surface area contributed by atoms with Gasteiger partial charge in [0.1, 0.15) is 11.9 Å². The normalized spacial score (nSPS) is 12.6. The number of hydrogen-bond acceptors (Lipinski definition) is 3. The fraction of sp³-hybridized carbons (Fsp3) is 0.389. The molecule has 0 unspecified atom stereocenters. The molecule has 0 spiro atoms. The van der Waals surface area contributed by atoms with E-state index in [0.717, 1.165) is 0 Å². The molecule has 2 rings (SSSR count). The summed E-state index contributed by atoms with van der Waals surface area (Å²) in [6.45, 7) is 5.19. The second kappa shape index (κ2) is 9.38. The lowest BCUT2D eigenvalue weighted by Crippen LogP contribution is -2.57. The summed E-state index contributed by atoms with van der Waals surface area (Å²) in [7, 11) is 1.76. The van der Waals surface area contributed by atoms with Gasteiger partial charge in [-0.15, -0.1) is 0 Å². The number of nitrogens with zero attached hydrogens (tertiary/aromatic N) is 2. The number of thiocarbonyl (C=S) groups is 1. The molecule has 0 fully saturated rings. The van der Waals surface area contributed by atoms with Crippen LogP contribution < -0.4 is 21.5 Å². The molecule has 0 saturated heterocycles. The first-order chi connectivity index (χ1) is 13.4. The minimum atomic E-state index is -1.87. The number of rotatable bonds is 5. The summed E-state index contributed by atoms with van der Waals surface area (Å²) in [5.74, 6) is -0.637. The Morgan fingerprint density at radius 1 is 1.14 bits per heavy atom. The molecule has 1 atom stereocenters. The van der Waals surface area contributed by atoms with Crippen LogP contribution in [0, 0.1) is 12.8 Å². The highest BCUT2D eigenvalue weighted by molar-refractivity contribution is 7.80. The van der Waals surface area contributed by atoms with Crippen molar-refractivity contribution in [2.24, 2.45) is 13.0 Å². The van der Waals surface area contributed by atoms with E-state index >= 15 is 0 Å². The lowest BCUT2D eigenvalue weighted by molar-refractivity contribution is -0.124. The van der Waals surface area contributed by atoms with Crippen LogP contribution >= 0.6 is 47.0 Å². The maximum absolute atomic E-state index is 12.9. The molecule has 0 aliphatic heterocycles. The monoisotopic (exact) mass is 477 g/mol. The van der Waals surface area contributed by atoms with Crippen molar-refractivity contribution < 1.29 is 4.79 Å². The SMILES string of the molecule is Cc1c(NC(=S)N[C@H](NC(=O)C(C)C)C(Cl)(Cl)Cl)c(=O)n(-c2ccccc2)n1C. The largest absolute Gasteiger partial charge is 0.339 e. The first-order valence-corrected chi connectivity index (χ1v) is 10.3. The van der Waals surface area contributed by atoms with Crippen LogP contribution in [0.4, 0.5) is 5.69 Å². The maximum atomic E-state index is 12.9. The van der Waals surface area contributed by atoms with Gasteiger partial charge in [-0.2, -0.15) is 0 Å². The highest BCUT2D eigenvalue weighted by Gasteiger charge is 2.35. The number of alkyl halides is 3. The third-order valence-corrected chi connectivity index (χ3v) is 5.08. The predicted molar refractivity (Wildman–Crippen MR) is 122 cm³/mol. The van der Waals surface area contributed by atoms with Crippen molar-refractivity contribution >= 4 is 63.7 Å². The van der Waals surface area contributed by atoms with Gasteiger partial charge >= 0.3 is 0 Å². The van der Waals surface area contributed by atoms with Gasteiger partial charge in [-0.25, -0.2) is 4.68 Å². The zero-order valence-corrected chi connectivity index (χ0v) is 19.4. The molecule has 0 saturated carbocycles. The van der Waals surface area contributed by atoms with Crippen molar-refractivity contribution in [1.29, 1.82) is 0 Å². The lowest BCUT2D eigenvalue weighted by atomic mass is 10.2. The molecule has 0 aliphatic rings. The van der Waals surface area contributed by atoms with Crippen LogP contribution in [-0.2, 0) is 11.8 Å². The zero-order valence-electron chi connectivity index (χ0n) is 16.3. The van der Waals surface area contributed by atoms with E-state index in [4.69, 9.17) is 47.0 Å². The van der Waals surface area contributed by atoms with Crippen LogP contribution in [0.5, 0.6) is 0 Å². The molecule has 29 heavy (non-hydrogen) atoms. The van der Waals surface area contributed by atoms with Crippen LogP contribution in [0.25, 0.3) is 5.69 Å². The van der Waals surface area contributed by atoms with Crippen molar-refractivity contribution in [3.05, 3.63) is 46.4 Å². The average Bonchev–Trinajstić information content (AvgIpc) is 2.84. The Labute approximate surface area is 189 Å². The molecule has 11 heteroatoms. The fourth-order valence-corrected chi connectivity index (χ4v) is 3.05. The second-order valence-electron chi connectivity index (χ2n) is 6.67. The molecular weight excluding hydrogens is 457 g/mol. The van der Waals surface area contributed by atoms with Gasteiger partial charge in [0.2, 0.25) is 9.70 Å². The molecule has 1 heterocycles.